The Labute approximate surface area is 89.4 Å². The van der Waals surface area contributed by atoms with Gasteiger partial charge in [-0.05, 0) is 32.7 Å². The number of ether oxygens (including phenoxy) is 1. The molecule has 2 fully saturated rings. The van der Waals surface area contributed by atoms with Crippen LogP contribution < -0.4 is 5.32 Å². The predicted octanol–water partition coefficient (Wildman–Crippen LogP) is 2.19. The molecule has 0 amide bonds. The summed E-state index contributed by atoms with van der Waals surface area (Å²) in [4.78, 5) is 0. The number of alkyl halides is 2. The summed E-state index contributed by atoms with van der Waals surface area (Å²) in [6.07, 6.45) is 1.24. The van der Waals surface area contributed by atoms with E-state index in [-0.39, 0.29) is 30.4 Å². The quantitative estimate of drug-likeness (QED) is 0.785. The number of hydrogen-bond acceptors (Lipinski definition) is 2. The van der Waals surface area contributed by atoms with E-state index in [1.165, 1.54) is 0 Å². The van der Waals surface area contributed by atoms with E-state index >= 15 is 0 Å². The minimum Gasteiger partial charge on any atom is -0.377 e. The molecule has 1 saturated heterocycles. The molecule has 1 N–H and O–H groups in total. The van der Waals surface area contributed by atoms with Crippen LogP contribution in [0.15, 0.2) is 0 Å². The van der Waals surface area contributed by atoms with Gasteiger partial charge in [-0.15, -0.1) is 0 Å². The minimum atomic E-state index is -2.40. The molecule has 2 nitrogen and oxygen atoms in total. The van der Waals surface area contributed by atoms with E-state index in [4.69, 9.17) is 4.74 Å². The average molecular weight is 219 g/mol. The molecule has 15 heavy (non-hydrogen) atoms. The molecule has 1 heterocycles. The molecule has 2 atom stereocenters. The molecule has 0 aromatic carbocycles. The van der Waals surface area contributed by atoms with Gasteiger partial charge in [0.2, 0.25) is 5.92 Å². The first kappa shape index (κ1) is 11.3. The Balaban J connectivity index is 1.74. The summed E-state index contributed by atoms with van der Waals surface area (Å²) in [5.41, 5.74) is -0.0229. The second-order valence-corrected chi connectivity index (χ2v) is 5.19. The third-order valence-electron chi connectivity index (χ3n) is 3.86. The van der Waals surface area contributed by atoms with Gasteiger partial charge in [-0.2, -0.15) is 0 Å². The molecule has 2 rings (SSSR count). The molecule has 0 aromatic heterocycles. The van der Waals surface area contributed by atoms with Crippen LogP contribution in [0.25, 0.3) is 0 Å². The lowest BCUT2D eigenvalue weighted by molar-refractivity contribution is -0.110. The summed E-state index contributed by atoms with van der Waals surface area (Å²) in [5.74, 6) is -2.25. The zero-order chi connectivity index (χ0) is 11.1. The van der Waals surface area contributed by atoms with Crippen molar-refractivity contribution in [1.29, 1.82) is 0 Å². The van der Waals surface area contributed by atoms with Crippen LogP contribution in [0.2, 0.25) is 0 Å². The Morgan fingerprint density at radius 1 is 1.40 bits per heavy atom. The van der Waals surface area contributed by atoms with Crippen LogP contribution >= 0.6 is 0 Å². The SMILES string of the molecule is C[C@H]1OCC[C@@]1(C)NCC1CC(F)(F)C1. The molecule has 0 aromatic rings. The highest BCUT2D eigenvalue weighted by atomic mass is 19.3. The van der Waals surface area contributed by atoms with Gasteiger partial charge in [-0.3, -0.25) is 0 Å². The zero-order valence-corrected chi connectivity index (χ0v) is 9.35. The van der Waals surface area contributed by atoms with Gasteiger partial charge in [-0.25, -0.2) is 8.78 Å². The highest BCUT2D eigenvalue weighted by Crippen LogP contribution is 2.42. The molecule has 4 heteroatoms. The van der Waals surface area contributed by atoms with Crippen molar-refractivity contribution >= 4 is 0 Å². The van der Waals surface area contributed by atoms with Crippen LogP contribution in [-0.2, 0) is 4.74 Å². The third-order valence-corrected chi connectivity index (χ3v) is 3.86. The van der Waals surface area contributed by atoms with Gasteiger partial charge in [0.1, 0.15) is 0 Å². The Morgan fingerprint density at radius 2 is 2.07 bits per heavy atom. The first-order chi connectivity index (χ1) is 6.91. The van der Waals surface area contributed by atoms with Crippen molar-refractivity contribution in [2.45, 2.75) is 50.7 Å². The number of rotatable bonds is 3. The normalized spacial score (nSPS) is 40.4. The fraction of sp³-hybridized carbons (Fsp3) is 1.00. The van der Waals surface area contributed by atoms with E-state index in [2.05, 4.69) is 12.2 Å². The van der Waals surface area contributed by atoms with Crippen molar-refractivity contribution in [3.05, 3.63) is 0 Å². The monoisotopic (exact) mass is 219 g/mol. The largest absolute Gasteiger partial charge is 0.377 e. The van der Waals surface area contributed by atoms with Crippen molar-refractivity contribution in [2.75, 3.05) is 13.2 Å². The summed E-state index contributed by atoms with van der Waals surface area (Å²) in [5, 5.41) is 3.39. The lowest BCUT2D eigenvalue weighted by Gasteiger charge is -2.38. The smallest absolute Gasteiger partial charge is 0.248 e. The highest BCUT2D eigenvalue weighted by molar-refractivity contribution is 4.96. The number of hydrogen-bond donors (Lipinski definition) is 1. The van der Waals surface area contributed by atoms with E-state index in [0.29, 0.717) is 6.54 Å². The summed E-state index contributed by atoms with van der Waals surface area (Å²) < 4.78 is 30.7. The van der Waals surface area contributed by atoms with Crippen LogP contribution in [-0.4, -0.2) is 30.7 Å². The van der Waals surface area contributed by atoms with Crippen LogP contribution in [0.3, 0.4) is 0 Å². The molecular formula is C11H19F2NO. The lowest BCUT2D eigenvalue weighted by atomic mass is 9.80. The zero-order valence-electron chi connectivity index (χ0n) is 9.35. The second kappa shape index (κ2) is 3.67. The van der Waals surface area contributed by atoms with Gasteiger partial charge >= 0.3 is 0 Å². The van der Waals surface area contributed by atoms with Gasteiger partial charge in [0, 0.05) is 25.0 Å². The van der Waals surface area contributed by atoms with Crippen LogP contribution in [0.5, 0.6) is 0 Å². The Bertz CT molecular complexity index is 239. The third kappa shape index (κ3) is 2.31. The predicted molar refractivity (Wildman–Crippen MR) is 54.1 cm³/mol. The maximum absolute atomic E-state index is 12.6. The first-order valence-electron chi connectivity index (χ1n) is 5.66. The van der Waals surface area contributed by atoms with Gasteiger partial charge in [0.15, 0.2) is 0 Å². The average Bonchev–Trinajstić information content (AvgIpc) is 2.41. The van der Waals surface area contributed by atoms with Crippen molar-refractivity contribution in [3.8, 4) is 0 Å². The van der Waals surface area contributed by atoms with Crippen LogP contribution in [0.4, 0.5) is 8.78 Å². The summed E-state index contributed by atoms with van der Waals surface area (Å²) in [6, 6.07) is 0. The summed E-state index contributed by atoms with van der Waals surface area (Å²) in [7, 11) is 0. The Hall–Kier alpha value is -0.220. The highest BCUT2D eigenvalue weighted by Gasteiger charge is 2.46. The summed E-state index contributed by atoms with van der Waals surface area (Å²) >= 11 is 0. The molecule has 88 valence electrons. The van der Waals surface area contributed by atoms with Crippen LogP contribution in [0.1, 0.15) is 33.1 Å². The van der Waals surface area contributed by atoms with Crippen molar-refractivity contribution in [2.24, 2.45) is 5.92 Å². The number of halogens is 2. The summed E-state index contributed by atoms with van der Waals surface area (Å²) in [6.45, 7) is 5.61. The van der Waals surface area contributed by atoms with Gasteiger partial charge in [-0.1, -0.05) is 0 Å². The fourth-order valence-corrected chi connectivity index (χ4v) is 2.37. The molecule has 0 unspecified atom stereocenters. The molecule has 1 saturated carbocycles. The molecule has 0 radical (unpaired) electrons. The molecule has 1 aliphatic carbocycles. The van der Waals surface area contributed by atoms with Crippen molar-refractivity contribution in [1.82, 2.24) is 5.32 Å². The van der Waals surface area contributed by atoms with E-state index in [0.717, 1.165) is 13.0 Å². The van der Waals surface area contributed by atoms with Gasteiger partial charge in [0.25, 0.3) is 0 Å². The van der Waals surface area contributed by atoms with Gasteiger partial charge < -0.3 is 10.1 Å². The lowest BCUT2D eigenvalue weighted by Crippen LogP contribution is -2.52. The molecule has 0 bridgehead atoms. The fourth-order valence-electron chi connectivity index (χ4n) is 2.37. The molecule has 2 aliphatic rings. The van der Waals surface area contributed by atoms with Crippen molar-refractivity contribution < 1.29 is 13.5 Å². The maximum atomic E-state index is 12.6. The molecular weight excluding hydrogens is 200 g/mol. The van der Waals surface area contributed by atoms with Crippen LogP contribution in [0, 0.1) is 5.92 Å². The Morgan fingerprint density at radius 3 is 2.53 bits per heavy atom. The van der Waals surface area contributed by atoms with E-state index in [9.17, 15) is 8.78 Å². The van der Waals surface area contributed by atoms with Gasteiger partial charge in [0.05, 0.1) is 6.10 Å². The van der Waals surface area contributed by atoms with Crippen molar-refractivity contribution in [3.63, 3.8) is 0 Å². The minimum absolute atomic E-state index is 0.0229. The molecule has 1 aliphatic heterocycles. The number of nitrogens with one attached hydrogen (secondary N) is 1. The topological polar surface area (TPSA) is 21.3 Å². The molecule has 0 spiro atoms. The van der Waals surface area contributed by atoms with E-state index < -0.39 is 5.92 Å². The van der Waals surface area contributed by atoms with E-state index in [1.54, 1.807) is 0 Å². The maximum Gasteiger partial charge on any atom is 0.248 e. The van der Waals surface area contributed by atoms with E-state index in [1.807, 2.05) is 6.92 Å². The Kier molecular flexibility index (Phi) is 2.75. The first-order valence-corrected chi connectivity index (χ1v) is 5.66. The standard InChI is InChI=1S/C11H19F2NO/c1-8-10(2,3-4-15-8)14-7-9-5-11(12,13)6-9/h8-9,14H,3-7H2,1-2H3/t8-,10-/m1/s1. The second-order valence-electron chi connectivity index (χ2n) is 5.19.